The topological polar surface area (TPSA) is 37.3 Å². The summed E-state index contributed by atoms with van der Waals surface area (Å²) in [6.07, 6.45) is 32.2. The van der Waals surface area contributed by atoms with E-state index in [0.29, 0.717) is 27.1 Å². The maximum Gasteiger partial charge on any atom is 0.309 e. The van der Waals surface area contributed by atoms with E-state index < -0.39 is 11.4 Å². The second-order valence-electron chi connectivity index (χ2n) is 17.6. The minimum absolute atomic E-state index is 0.288. The molecule has 39 heavy (non-hydrogen) atoms. The lowest BCUT2D eigenvalue weighted by Gasteiger charge is -2.79. The Balaban J connectivity index is 1.47. The van der Waals surface area contributed by atoms with Crippen molar-refractivity contribution in [3.8, 4) is 0 Å². The Bertz CT molecular complexity index is 884. The van der Waals surface area contributed by atoms with Crippen LogP contribution in [0.2, 0.25) is 0 Å². The van der Waals surface area contributed by atoms with Crippen LogP contribution >= 0.6 is 0 Å². The van der Waals surface area contributed by atoms with Crippen LogP contribution in [0.5, 0.6) is 0 Å². The second-order valence-corrected chi connectivity index (χ2v) is 17.6. The molecule has 0 aromatic carbocycles. The average Bonchev–Trinajstić information content (AvgIpc) is 2.87. The molecule has 0 aromatic rings. The largest absolute Gasteiger partial charge is 0.481 e. The van der Waals surface area contributed by atoms with Gasteiger partial charge >= 0.3 is 5.97 Å². The van der Waals surface area contributed by atoms with E-state index in [1.165, 1.54) is 135 Å². The van der Waals surface area contributed by atoms with Crippen molar-refractivity contribution in [1.82, 2.24) is 0 Å². The fourth-order valence-electron chi connectivity index (χ4n) is 14.6. The van der Waals surface area contributed by atoms with Crippen LogP contribution in [0, 0.1) is 43.8 Å². The van der Waals surface area contributed by atoms with Crippen LogP contribution in [0.15, 0.2) is 0 Å². The number of hydrogen-bond donors (Lipinski definition) is 1. The molecular formula is C37H62O2. The van der Waals surface area contributed by atoms with Crippen molar-refractivity contribution in [2.24, 2.45) is 43.8 Å². The molecule has 8 saturated carbocycles. The summed E-state index contributed by atoms with van der Waals surface area (Å²) < 4.78 is 0. The predicted octanol–water partition coefficient (Wildman–Crippen LogP) is 11.1. The molecule has 8 aliphatic carbocycles. The van der Waals surface area contributed by atoms with Crippen LogP contribution < -0.4 is 0 Å². The molecule has 8 bridgehead atoms. The number of rotatable bonds is 14. The number of carboxylic acids is 1. The van der Waals surface area contributed by atoms with E-state index in [0.717, 1.165) is 25.2 Å². The van der Waals surface area contributed by atoms with Crippen molar-refractivity contribution < 1.29 is 9.90 Å². The first kappa shape index (κ1) is 28.6. The smallest absolute Gasteiger partial charge is 0.309 e. The van der Waals surface area contributed by atoms with Gasteiger partial charge in [0.15, 0.2) is 0 Å². The van der Waals surface area contributed by atoms with Gasteiger partial charge in [-0.1, -0.05) is 79.1 Å². The summed E-state index contributed by atoms with van der Waals surface area (Å²) in [5.41, 5.74) is 2.00. The molecular weight excluding hydrogens is 476 g/mol. The van der Waals surface area contributed by atoms with E-state index >= 15 is 0 Å². The fourth-order valence-corrected chi connectivity index (χ4v) is 14.6. The maximum absolute atomic E-state index is 13.5. The molecule has 0 radical (unpaired) electrons. The molecule has 0 saturated heterocycles. The van der Waals surface area contributed by atoms with Crippen LogP contribution in [0.3, 0.4) is 0 Å². The van der Waals surface area contributed by atoms with Gasteiger partial charge in [-0.2, -0.15) is 0 Å². The SMILES string of the molecule is CCCCC12CC3CC(CCCC)(C1)CC(C14CC5(CCCC)CC(CCCC)(CC(C(=O)O)(C5)C1)C4)(C3)C2. The predicted molar refractivity (Wildman–Crippen MR) is 162 cm³/mol. The molecule has 0 amide bonds. The molecule has 1 N–H and O–H groups in total. The lowest BCUT2D eigenvalue weighted by atomic mass is 9.25. The molecule has 0 spiro atoms. The average molecular weight is 539 g/mol. The van der Waals surface area contributed by atoms with Crippen LogP contribution in [-0.2, 0) is 4.79 Å². The third kappa shape index (κ3) is 4.40. The molecule has 8 fully saturated rings. The van der Waals surface area contributed by atoms with Gasteiger partial charge in [-0.3, -0.25) is 4.79 Å². The molecule has 222 valence electrons. The molecule has 2 heteroatoms. The molecule has 4 unspecified atom stereocenters. The number of aliphatic carboxylic acids is 1. The van der Waals surface area contributed by atoms with Crippen molar-refractivity contribution in [2.45, 2.75) is 182 Å². The first-order valence-corrected chi connectivity index (χ1v) is 17.8. The highest BCUT2D eigenvalue weighted by Gasteiger charge is 2.77. The Morgan fingerprint density at radius 3 is 1.38 bits per heavy atom. The van der Waals surface area contributed by atoms with Crippen molar-refractivity contribution >= 4 is 5.97 Å². The third-order valence-corrected chi connectivity index (χ3v) is 14.4. The van der Waals surface area contributed by atoms with Gasteiger partial charge in [0.1, 0.15) is 0 Å². The lowest BCUT2D eigenvalue weighted by molar-refractivity contribution is -0.294. The molecule has 0 aliphatic heterocycles. The highest BCUT2D eigenvalue weighted by atomic mass is 16.4. The van der Waals surface area contributed by atoms with Gasteiger partial charge in [0.2, 0.25) is 0 Å². The Morgan fingerprint density at radius 1 is 0.538 bits per heavy atom. The van der Waals surface area contributed by atoms with Crippen LogP contribution in [0.1, 0.15) is 182 Å². The summed E-state index contributed by atoms with van der Waals surface area (Å²) in [6, 6.07) is 0. The van der Waals surface area contributed by atoms with Gasteiger partial charge in [0.05, 0.1) is 5.41 Å². The van der Waals surface area contributed by atoms with Crippen molar-refractivity contribution in [2.75, 3.05) is 0 Å². The molecule has 8 rings (SSSR count). The molecule has 4 atom stereocenters. The number of carboxylic acid groups (broad SMARTS) is 1. The van der Waals surface area contributed by atoms with Gasteiger partial charge in [-0.25, -0.2) is 0 Å². The van der Waals surface area contributed by atoms with E-state index in [9.17, 15) is 9.90 Å². The molecule has 2 nitrogen and oxygen atoms in total. The van der Waals surface area contributed by atoms with E-state index in [1.54, 1.807) is 0 Å². The number of carbonyl (C=O) groups is 1. The van der Waals surface area contributed by atoms with Crippen LogP contribution in [0.4, 0.5) is 0 Å². The zero-order valence-electron chi connectivity index (χ0n) is 26.4. The van der Waals surface area contributed by atoms with Crippen LogP contribution in [-0.4, -0.2) is 11.1 Å². The molecule has 8 aliphatic rings. The van der Waals surface area contributed by atoms with Crippen molar-refractivity contribution in [3.63, 3.8) is 0 Å². The summed E-state index contributed by atoms with van der Waals surface area (Å²) in [6.45, 7) is 9.50. The third-order valence-electron chi connectivity index (χ3n) is 14.4. The van der Waals surface area contributed by atoms with Gasteiger partial charge in [0, 0.05) is 0 Å². The van der Waals surface area contributed by atoms with E-state index in [2.05, 4.69) is 27.7 Å². The normalized spacial score (nSPS) is 49.2. The minimum atomic E-state index is -0.438. The quantitative estimate of drug-likeness (QED) is 0.239. The Kier molecular flexibility index (Phi) is 7.15. The van der Waals surface area contributed by atoms with E-state index in [-0.39, 0.29) is 5.41 Å². The zero-order valence-corrected chi connectivity index (χ0v) is 26.4. The first-order chi connectivity index (χ1) is 18.6. The van der Waals surface area contributed by atoms with Crippen molar-refractivity contribution in [3.05, 3.63) is 0 Å². The number of unbranched alkanes of at least 4 members (excludes halogenated alkanes) is 4. The maximum atomic E-state index is 13.5. The van der Waals surface area contributed by atoms with E-state index in [4.69, 9.17) is 0 Å². The van der Waals surface area contributed by atoms with Gasteiger partial charge in [0.25, 0.3) is 0 Å². The minimum Gasteiger partial charge on any atom is -0.481 e. The summed E-state index contributed by atoms with van der Waals surface area (Å²) in [5.74, 6) is 0.515. The fraction of sp³-hybridized carbons (Fsp3) is 0.973. The Hall–Kier alpha value is -0.530. The first-order valence-electron chi connectivity index (χ1n) is 17.8. The summed E-state index contributed by atoms with van der Waals surface area (Å²) in [4.78, 5) is 13.5. The summed E-state index contributed by atoms with van der Waals surface area (Å²) >= 11 is 0. The summed E-state index contributed by atoms with van der Waals surface area (Å²) in [5, 5.41) is 11.1. The summed E-state index contributed by atoms with van der Waals surface area (Å²) in [7, 11) is 0. The molecule has 0 aromatic heterocycles. The number of hydrogen-bond acceptors (Lipinski definition) is 1. The second kappa shape index (κ2) is 9.76. The van der Waals surface area contributed by atoms with Gasteiger partial charge in [-0.05, 0) is 141 Å². The standard InChI is InChI=1S/C37H62O2/c1-5-9-13-31-17-29-18-32(20-31,14-10-6-2)25-36(19-29,24-31)37-26-33(15-11-7-3)21-34(27-37,16-12-8-4)23-35(22-33,28-37)30(38)39/h29H,5-28H2,1-4H3,(H,38,39). The zero-order chi connectivity index (χ0) is 27.6. The van der Waals surface area contributed by atoms with Gasteiger partial charge in [-0.15, -0.1) is 0 Å². The Labute approximate surface area is 241 Å². The van der Waals surface area contributed by atoms with Gasteiger partial charge < -0.3 is 5.11 Å². The lowest BCUT2D eigenvalue weighted by Crippen LogP contribution is -2.71. The highest BCUT2D eigenvalue weighted by molar-refractivity contribution is 5.76. The monoisotopic (exact) mass is 538 g/mol. The van der Waals surface area contributed by atoms with Crippen LogP contribution in [0.25, 0.3) is 0 Å². The highest BCUT2D eigenvalue weighted by Crippen LogP contribution is 2.85. The van der Waals surface area contributed by atoms with E-state index in [1.807, 2.05) is 0 Å². The molecule has 0 heterocycles. The Morgan fingerprint density at radius 2 is 0.949 bits per heavy atom. The van der Waals surface area contributed by atoms with Crippen molar-refractivity contribution in [1.29, 1.82) is 0 Å².